The minimum atomic E-state index is -6.09. The molecule has 15 N–H and O–H groups in total. The first-order valence-electron chi connectivity index (χ1n) is 7.87. The Morgan fingerprint density at radius 2 is 1.03 bits per heavy atom. The Labute approximate surface area is 229 Å². The Kier molecular flexibility index (Phi) is 31.5. The van der Waals surface area contributed by atoms with Crippen LogP contribution in [0.2, 0.25) is 0 Å². The molecule has 0 heterocycles. The predicted octanol–water partition coefficient (Wildman–Crippen LogP) is 3.71. The quantitative estimate of drug-likeness (QED) is 0.126. The van der Waals surface area contributed by atoms with Crippen molar-refractivity contribution in [2.75, 3.05) is 0 Å². The van der Waals surface area contributed by atoms with Crippen LogP contribution in [0.25, 0.3) is 0 Å². The number of esters is 1. The molecule has 1 atom stereocenters. The molecule has 1 aromatic rings. The van der Waals surface area contributed by atoms with Crippen LogP contribution in [0.3, 0.4) is 0 Å². The molecule has 14 nitrogen and oxygen atoms in total. The van der Waals surface area contributed by atoms with E-state index in [1.54, 1.807) is 19.1 Å². The van der Waals surface area contributed by atoms with Crippen molar-refractivity contribution in [3.63, 3.8) is 0 Å². The molecule has 0 aromatic heterocycles. The van der Waals surface area contributed by atoms with Crippen LogP contribution in [0.4, 0.5) is 26.3 Å². The third kappa shape index (κ3) is 27.4. The largest absolute Gasteiger partial charge is 2.00 e. The summed E-state index contributed by atoms with van der Waals surface area (Å²) in [6, 6.07) is 9.22. The van der Waals surface area contributed by atoms with Crippen molar-refractivity contribution in [2.45, 2.75) is 50.4 Å². The maximum atomic E-state index is 11.6. The minimum Gasteiger partial charge on any atom is -0.741 e. The normalized spacial score (nSPS) is 11.4. The van der Waals surface area contributed by atoms with Gasteiger partial charge in [0.1, 0.15) is 11.4 Å². The first-order valence-corrected chi connectivity index (χ1v) is 10.7. The summed E-state index contributed by atoms with van der Waals surface area (Å²) >= 11 is 0. The number of halogens is 6. The first kappa shape index (κ1) is 56.5. The average molecular weight is 796 g/mol. The van der Waals surface area contributed by atoms with E-state index < -0.39 is 43.0 Å². The fourth-order valence-electron chi connectivity index (χ4n) is 1.14. The van der Waals surface area contributed by atoms with Gasteiger partial charge in [-0.25, -0.2) is 21.6 Å². The number of ether oxygens (including phenoxy) is 2. The number of hydrogen-bond acceptors (Lipinski definition) is 14. The van der Waals surface area contributed by atoms with E-state index in [-0.39, 0.29) is 56.5 Å². The molecule has 23 heteroatoms. The van der Waals surface area contributed by atoms with Crippen molar-refractivity contribution in [2.24, 2.45) is 0 Å². The third-order valence-electron chi connectivity index (χ3n) is 2.36. The van der Waals surface area contributed by atoms with Gasteiger partial charge in [0, 0.05) is 0 Å². The van der Waals surface area contributed by atoms with Crippen molar-refractivity contribution in [3.05, 3.63) is 30.3 Å². The summed E-state index contributed by atoms with van der Waals surface area (Å²) in [6.07, 6.45) is -0.596. The van der Waals surface area contributed by atoms with Gasteiger partial charge in [-0.2, -0.15) is 26.3 Å². The van der Waals surface area contributed by atoms with E-state index in [0.29, 0.717) is 5.75 Å². The number of alkyl halides is 6. The Hall–Kier alpha value is -1.67. The van der Waals surface area contributed by atoms with Crippen LogP contribution in [0.15, 0.2) is 30.3 Å². The van der Waals surface area contributed by atoms with Gasteiger partial charge in [0.15, 0.2) is 26.3 Å². The topological polar surface area (TPSA) is 325 Å². The fourth-order valence-corrected chi connectivity index (χ4v) is 1.14. The van der Waals surface area contributed by atoms with Crippen LogP contribution in [0, 0.1) is 0 Å². The molecule has 0 aliphatic carbocycles. The van der Waals surface area contributed by atoms with E-state index in [4.69, 9.17) is 35.4 Å². The fraction of sp³-hybridized carbons (Fsp3) is 0.533. The first-order chi connectivity index (χ1) is 13.9. The summed E-state index contributed by atoms with van der Waals surface area (Å²) in [6.45, 7) is 7.18. The standard InChI is InChI=1S/C13H18O3.2CHF3O3S.5H3N.Os/c1-10(12(14)16-13(2,3)4)15-11-8-6-5-7-9-11;2*2-1(3,4)8(5,6)7;;;;;;/h5-10H,1-4H3;2*(H,5,6,7);5*1H3;/q;;;;;;;;+2/p-2. The van der Waals surface area contributed by atoms with Gasteiger partial charge >= 0.3 is 36.8 Å². The van der Waals surface area contributed by atoms with Crippen LogP contribution in [-0.2, 0) is 49.6 Å². The number of rotatable bonds is 3. The van der Waals surface area contributed by atoms with Crippen LogP contribution >= 0.6 is 0 Å². The zero-order valence-corrected chi connectivity index (χ0v) is 24.8. The zero-order chi connectivity index (χ0) is 26.2. The Morgan fingerprint density at radius 3 is 1.24 bits per heavy atom. The molecule has 0 radical (unpaired) electrons. The molecule has 1 rings (SSSR count). The predicted molar refractivity (Wildman–Crippen MR) is 119 cm³/mol. The molecule has 0 aliphatic rings. The number of carbonyl (C=O) groups is 1. The van der Waals surface area contributed by atoms with Crippen molar-refractivity contribution in [1.29, 1.82) is 0 Å². The summed E-state index contributed by atoms with van der Waals surface area (Å²) in [7, 11) is -12.2. The van der Waals surface area contributed by atoms with Crippen LogP contribution in [0.5, 0.6) is 5.75 Å². The molecule has 0 amide bonds. The molecular formula is C15H33F6N5O9OsS2. The maximum absolute atomic E-state index is 11.6. The minimum absolute atomic E-state index is 0. The second-order valence-electron chi connectivity index (χ2n) is 6.41. The molecule has 1 aromatic carbocycles. The number of benzene rings is 1. The van der Waals surface area contributed by atoms with Gasteiger partial charge in [-0.3, -0.25) is 0 Å². The SMILES string of the molecule is CC(Oc1ccccc1)C(=O)OC(C)(C)C.N.N.N.N.N.O=S(=O)([O-])C(F)(F)F.O=S(=O)([O-])C(F)(F)F.[Os+2]. The van der Waals surface area contributed by atoms with E-state index in [0.717, 1.165) is 0 Å². The van der Waals surface area contributed by atoms with Gasteiger partial charge in [-0.1, -0.05) is 18.2 Å². The summed E-state index contributed by atoms with van der Waals surface area (Å²) in [4.78, 5) is 11.6. The van der Waals surface area contributed by atoms with Crippen molar-refractivity contribution in [1.82, 2.24) is 30.8 Å². The second kappa shape index (κ2) is 21.2. The van der Waals surface area contributed by atoms with Crippen LogP contribution in [-0.4, -0.2) is 54.6 Å². The van der Waals surface area contributed by atoms with Gasteiger partial charge in [0.05, 0.1) is 0 Å². The molecule has 0 spiro atoms. The molecule has 0 fully saturated rings. The monoisotopic (exact) mass is 797 g/mol. The van der Waals surface area contributed by atoms with Gasteiger partial charge in [-0.05, 0) is 39.8 Å². The number of carbonyl (C=O) groups excluding carboxylic acids is 1. The Balaban J connectivity index is -0.0000000597. The van der Waals surface area contributed by atoms with Gasteiger partial charge < -0.3 is 49.3 Å². The summed E-state index contributed by atoms with van der Waals surface area (Å²) in [5.74, 6) is 0.317. The Morgan fingerprint density at radius 1 is 0.763 bits per heavy atom. The molecule has 0 aliphatic heterocycles. The molecule has 0 bridgehead atoms. The molecular weight excluding hydrogens is 763 g/mol. The van der Waals surface area contributed by atoms with E-state index in [1.807, 2.05) is 39.0 Å². The van der Waals surface area contributed by atoms with E-state index >= 15 is 0 Å². The molecule has 0 saturated carbocycles. The van der Waals surface area contributed by atoms with Crippen LogP contribution < -0.4 is 35.5 Å². The Bertz CT molecular complexity index is 905. The smallest absolute Gasteiger partial charge is 0.741 e. The van der Waals surface area contributed by atoms with Crippen molar-refractivity contribution < 1.29 is 86.3 Å². The molecule has 1 unspecified atom stereocenters. The van der Waals surface area contributed by atoms with E-state index in [9.17, 15) is 31.1 Å². The second-order valence-corrected chi connectivity index (χ2v) is 9.15. The van der Waals surface area contributed by atoms with Crippen LogP contribution in [0.1, 0.15) is 27.7 Å². The van der Waals surface area contributed by atoms with E-state index in [2.05, 4.69) is 0 Å². The van der Waals surface area contributed by atoms with Crippen molar-refractivity contribution in [3.8, 4) is 5.75 Å². The van der Waals surface area contributed by atoms with Gasteiger partial charge in [-0.15, -0.1) is 0 Å². The zero-order valence-electron chi connectivity index (χ0n) is 20.6. The summed E-state index contributed by atoms with van der Waals surface area (Å²) < 4.78 is 128. The average Bonchev–Trinajstić information content (AvgIpc) is 2.51. The molecule has 234 valence electrons. The van der Waals surface area contributed by atoms with E-state index in [1.165, 1.54) is 0 Å². The van der Waals surface area contributed by atoms with Gasteiger partial charge in [0.2, 0.25) is 0 Å². The third-order valence-corrected chi connectivity index (χ3v) is 3.50. The maximum Gasteiger partial charge on any atom is 2.00 e. The summed E-state index contributed by atoms with van der Waals surface area (Å²) in [5.41, 5.74) is -11.8. The molecule has 38 heavy (non-hydrogen) atoms. The number of hydrogen-bond donors (Lipinski definition) is 5. The van der Waals surface area contributed by atoms with Gasteiger partial charge in [0.25, 0.3) is 0 Å². The number of para-hydroxylation sites is 1. The summed E-state index contributed by atoms with van der Waals surface area (Å²) in [5, 5.41) is 0. The molecule has 0 saturated heterocycles. The van der Waals surface area contributed by atoms with Crippen molar-refractivity contribution >= 4 is 26.2 Å².